The molecule has 2 aromatic heterocycles. The van der Waals surface area contributed by atoms with E-state index in [-0.39, 0.29) is 0 Å². The second-order valence-corrected chi connectivity index (χ2v) is 4.08. The minimum Gasteiger partial charge on any atom is -0.308 e. The van der Waals surface area contributed by atoms with Crippen molar-refractivity contribution < 1.29 is 0 Å². The van der Waals surface area contributed by atoms with Gasteiger partial charge in [-0.1, -0.05) is 13.0 Å². The van der Waals surface area contributed by atoms with Gasteiger partial charge in [-0.2, -0.15) is 5.10 Å². The van der Waals surface area contributed by atoms with Gasteiger partial charge in [0.1, 0.15) is 0 Å². The maximum absolute atomic E-state index is 4.30. The van der Waals surface area contributed by atoms with E-state index in [1.54, 1.807) is 6.20 Å². The first-order chi connectivity index (χ1) is 8.38. The first-order valence-electron chi connectivity index (χ1n) is 5.99. The van der Waals surface area contributed by atoms with Crippen LogP contribution in [-0.4, -0.2) is 14.8 Å². The summed E-state index contributed by atoms with van der Waals surface area (Å²) in [6, 6.07) is 4.02. The van der Waals surface area contributed by atoms with Gasteiger partial charge >= 0.3 is 0 Å². The zero-order valence-corrected chi connectivity index (χ0v) is 10.1. The molecule has 0 saturated carbocycles. The molecule has 2 heterocycles. The molecule has 4 nitrogen and oxygen atoms in total. The van der Waals surface area contributed by atoms with Crippen LogP contribution >= 0.6 is 0 Å². The lowest BCUT2D eigenvalue weighted by molar-refractivity contribution is 0.601. The first-order valence-corrected chi connectivity index (χ1v) is 5.99. The van der Waals surface area contributed by atoms with Gasteiger partial charge in [0, 0.05) is 43.8 Å². The number of hydrogen-bond acceptors (Lipinski definition) is 3. The van der Waals surface area contributed by atoms with Crippen LogP contribution in [0.5, 0.6) is 0 Å². The lowest BCUT2D eigenvalue weighted by Gasteiger charge is -2.02. The molecule has 0 amide bonds. The molecule has 2 aromatic rings. The Labute approximate surface area is 102 Å². The van der Waals surface area contributed by atoms with Crippen molar-refractivity contribution in [2.24, 2.45) is 0 Å². The quantitative estimate of drug-likeness (QED) is 0.825. The normalized spacial score (nSPS) is 10.6. The maximum Gasteiger partial charge on any atom is 0.0534 e. The standard InChI is InChI=1S/C13H18N4/c1-2-6-17-11-13(10-16-17)9-15-8-12-4-3-5-14-7-12/h3-5,7,10-11,15H,2,6,8-9H2,1H3. The van der Waals surface area contributed by atoms with E-state index in [1.165, 1.54) is 11.1 Å². The average Bonchev–Trinajstić information content (AvgIpc) is 2.79. The van der Waals surface area contributed by atoms with Gasteiger partial charge in [-0.15, -0.1) is 0 Å². The van der Waals surface area contributed by atoms with Crippen LogP contribution in [0.3, 0.4) is 0 Å². The van der Waals surface area contributed by atoms with E-state index in [4.69, 9.17) is 0 Å². The van der Waals surface area contributed by atoms with Gasteiger partial charge in [0.2, 0.25) is 0 Å². The number of rotatable bonds is 6. The Morgan fingerprint density at radius 2 is 2.12 bits per heavy atom. The summed E-state index contributed by atoms with van der Waals surface area (Å²) in [6.07, 6.45) is 8.81. The molecule has 0 unspecified atom stereocenters. The topological polar surface area (TPSA) is 42.7 Å². The third-order valence-corrected chi connectivity index (χ3v) is 2.52. The van der Waals surface area contributed by atoms with Crippen molar-refractivity contribution in [3.8, 4) is 0 Å². The Hall–Kier alpha value is -1.68. The van der Waals surface area contributed by atoms with Crippen molar-refractivity contribution in [3.05, 3.63) is 48.0 Å². The van der Waals surface area contributed by atoms with Gasteiger partial charge in [0.15, 0.2) is 0 Å². The van der Waals surface area contributed by atoms with E-state index in [0.717, 1.165) is 26.1 Å². The van der Waals surface area contributed by atoms with Gasteiger partial charge in [0.25, 0.3) is 0 Å². The molecule has 1 N–H and O–H groups in total. The summed E-state index contributed by atoms with van der Waals surface area (Å²) in [6.45, 7) is 4.83. The molecule has 2 rings (SSSR count). The molecular formula is C13H18N4. The van der Waals surface area contributed by atoms with Crippen molar-refractivity contribution in [2.75, 3.05) is 0 Å². The van der Waals surface area contributed by atoms with Crippen LogP contribution in [0.2, 0.25) is 0 Å². The van der Waals surface area contributed by atoms with Gasteiger partial charge in [-0.25, -0.2) is 0 Å². The highest BCUT2D eigenvalue weighted by molar-refractivity contribution is 5.09. The lowest BCUT2D eigenvalue weighted by atomic mass is 10.3. The van der Waals surface area contributed by atoms with Crippen LogP contribution in [0.1, 0.15) is 24.5 Å². The van der Waals surface area contributed by atoms with Gasteiger partial charge < -0.3 is 5.32 Å². The van der Waals surface area contributed by atoms with E-state index in [1.807, 2.05) is 23.1 Å². The summed E-state index contributed by atoms with van der Waals surface area (Å²) in [5, 5.41) is 7.68. The molecule has 0 aliphatic carbocycles. The molecule has 0 spiro atoms. The zero-order valence-electron chi connectivity index (χ0n) is 10.1. The van der Waals surface area contributed by atoms with Gasteiger partial charge in [0.05, 0.1) is 6.20 Å². The highest BCUT2D eigenvalue weighted by Gasteiger charge is 1.98. The third kappa shape index (κ3) is 3.67. The highest BCUT2D eigenvalue weighted by atomic mass is 15.3. The Balaban J connectivity index is 1.78. The van der Waals surface area contributed by atoms with Crippen molar-refractivity contribution in [1.82, 2.24) is 20.1 Å². The van der Waals surface area contributed by atoms with Crippen molar-refractivity contribution >= 4 is 0 Å². The van der Waals surface area contributed by atoms with Crippen LogP contribution < -0.4 is 5.32 Å². The fourth-order valence-corrected chi connectivity index (χ4v) is 1.70. The summed E-state index contributed by atoms with van der Waals surface area (Å²) >= 11 is 0. The first kappa shape index (κ1) is 11.8. The zero-order chi connectivity index (χ0) is 11.9. The molecule has 0 aliphatic heterocycles. The number of nitrogens with zero attached hydrogens (tertiary/aromatic N) is 3. The molecular weight excluding hydrogens is 212 g/mol. The van der Waals surface area contributed by atoms with E-state index in [0.29, 0.717) is 0 Å². The largest absolute Gasteiger partial charge is 0.308 e. The minimum atomic E-state index is 0.840. The molecule has 90 valence electrons. The summed E-state index contributed by atoms with van der Waals surface area (Å²) in [5.41, 5.74) is 2.43. The molecule has 0 fully saturated rings. The van der Waals surface area contributed by atoms with Gasteiger partial charge in [-0.3, -0.25) is 9.67 Å². The molecule has 4 heteroatoms. The molecule has 0 atom stereocenters. The minimum absolute atomic E-state index is 0.840. The lowest BCUT2D eigenvalue weighted by Crippen LogP contribution is -2.12. The predicted molar refractivity (Wildman–Crippen MR) is 67.3 cm³/mol. The monoisotopic (exact) mass is 230 g/mol. The van der Waals surface area contributed by atoms with E-state index < -0.39 is 0 Å². The summed E-state index contributed by atoms with van der Waals surface area (Å²) in [5.74, 6) is 0. The maximum atomic E-state index is 4.30. The number of aryl methyl sites for hydroxylation is 1. The second-order valence-electron chi connectivity index (χ2n) is 4.08. The van der Waals surface area contributed by atoms with Gasteiger partial charge in [-0.05, 0) is 18.1 Å². The Bertz CT molecular complexity index is 436. The van der Waals surface area contributed by atoms with E-state index in [9.17, 15) is 0 Å². The molecule has 17 heavy (non-hydrogen) atoms. The van der Waals surface area contributed by atoms with Crippen LogP contribution in [0.4, 0.5) is 0 Å². The molecule has 0 radical (unpaired) electrons. The fraction of sp³-hybridized carbons (Fsp3) is 0.385. The number of hydrogen-bond donors (Lipinski definition) is 1. The van der Waals surface area contributed by atoms with E-state index >= 15 is 0 Å². The fourth-order valence-electron chi connectivity index (χ4n) is 1.70. The number of nitrogens with one attached hydrogen (secondary N) is 1. The number of aromatic nitrogens is 3. The second kappa shape index (κ2) is 6.15. The SMILES string of the molecule is CCCn1cc(CNCc2cccnc2)cn1. The third-order valence-electron chi connectivity index (χ3n) is 2.52. The molecule has 0 aliphatic rings. The van der Waals surface area contributed by atoms with Crippen LogP contribution in [-0.2, 0) is 19.6 Å². The molecule has 0 bridgehead atoms. The van der Waals surface area contributed by atoms with Crippen molar-refractivity contribution in [1.29, 1.82) is 0 Å². The average molecular weight is 230 g/mol. The van der Waals surface area contributed by atoms with Crippen molar-refractivity contribution in [3.63, 3.8) is 0 Å². The summed E-state index contributed by atoms with van der Waals surface area (Å²) < 4.78 is 1.99. The number of pyridine rings is 1. The van der Waals surface area contributed by atoms with Crippen molar-refractivity contribution in [2.45, 2.75) is 33.0 Å². The Morgan fingerprint density at radius 1 is 1.24 bits per heavy atom. The Morgan fingerprint density at radius 3 is 2.88 bits per heavy atom. The molecule has 0 saturated heterocycles. The predicted octanol–water partition coefficient (Wildman–Crippen LogP) is 1.98. The van der Waals surface area contributed by atoms with Crippen LogP contribution in [0, 0.1) is 0 Å². The Kier molecular flexibility index (Phi) is 4.27. The summed E-state index contributed by atoms with van der Waals surface area (Å²) in [4.78, 5) is 4.08. The summed E-state index contributed by atoms with van der Waals surface area (Å²) in [7, 11) is 0. The highest BCUT2D eigenvalue weighted by Crippen LogP contribution is 2.00. The molecule has 0 aromatic carbocycles. The van der Waals surface area contributed by atoms with Crippen LogP contribution in [0.15, 0.2) is 36.9 Å². The van der Waals surface area contributed by atoms with E-state index in [2.05, 4.69) is 34.6 Å². The smallest absolute Gasteiger partial charge is 0.0534 e. The van der Waals surface area contributed by atoms with Crippen LogP contribution in [0.25, 0.3) is 0 Å².